The maximum absolute atomic E-state index is 12.5. The highest BCUT2D eigenvalue weighted by molar-refractivity contribution is 7.11. The summed E-state index contributed by atoms with van der Waals surface area (Å²) in [6.45, 7) is 7.18. The maximum Gasteiger partial charge on any atom is 0.226 e. The summed E-state index contributed by atoms with van der Waals surface area (Å²) in [6, 6.07) is 0.639. The van der Waals surface area contributed by atoms with Gasteiger partial charge in [0, 0.05) is 17.4 Å². The topological polar surface area (TPSA) is 54.5 Å². The summed E-state index contributed by atoms with van der Waals surface area (Å²) in [4.78, 5) is 20.7. The van der Waals surface area contributed by atoms with Crippen LogP contribution in [0, 0.1) is 19.8 Å². The predicted octanol–water partition coefficient (Wildman–Crippen LogP) is 1.67. The Morgan fingerprint density at radius 3 is 2.87 bits per heavy atom. The number of likely N-dealkylation sites (tertiary alicyclic amines) is 1. The molecule has 0 bridgehead atoms. The summed E-state index contributed by atoms with van der Waals surface area (Å²) in [6.07, 6.45) is 4.35. The Labute approximate surface area is 141 Å². The normalized spacial score (nSPS) is 33.5. The number of amides is 1. The second-order valence-corrected chi connectivity index (χ2v) is 8.43. The fourth-order valence-corrected chi connectivity index (χ4v) is 5.30. The number of thiazole rings is 1. The van der Waals surface area contributed by atoms with E-state index in [0.29, 0.717) is 24.5 Å². The van der Waals surface area contributed by atoms with Crippen molar-refractivity contribution in [1.82, 2.24) is 15.2 Å². The molecule has 0 spiro atoms. The molecule has 4 atom stereocenters. The van der Waals surface area contributed by atoms with Crippen LogP contribution in [-0.2, 0) is 16.0 Å². The molecule has 1 aliphatic carbocycles. The molecule has 1 amide bonds. The Morgan fingerprint density at radius 1 is 1.39 bits per heavy atom. The highest BCUT2D eigenvalue weighted by Crippen LogP contribution is 2.42. The van der Waals surface area contributed by atoms with Crippen LogP contribution >= 0.6 is 11.3 Å². The van der Waals surface area contributed by atoms with Gasteiger partial charge >= 0.3 is 0 Å². The van der Waals surface area contributed by atoms with E-state index in [1.165, 1.54) is 12.8 Å². The minimum atomic E-state index is 0.109. The van der Waals surface area contributed by atoms with Crippen LogP contribution in [0.4, 0.5) is 0 Å². The number of hydrogen-bond acceptors (Lipinski definition) is 5. The lowest BCUT2D eigenvalue weighted by Gasteiger charge is -2.51. The van der Waals surface area contributed by atoms with Crippen LogP contribution in [0.2, 0.25) is 0 Å². The lowest BCUT2D eigenvalue weighted by Crippen LogP contribution is -2.70. The summed E-state index contributed by atoms with van der Waals surface area (Å²) in [7, 11) is 0. The molecule has 0 radical (unpaired) electrons. The lowest BCUT2D eigenvalue weighted by atomic mass is 9.70. The molecule has 2 aliphatic heterocycles. The Kier molecular flexibility index (Phi) is 4.15. The number of ether oxygens (including phenoxy) is 1. The number of rotatable bonds is 4. The summed E-state index contributed by atoms with van der Waals surface area (Å²) in [5.74, 6) is 0.612. The van der Waals surface area contributed by atoms with E-state index in [4.69, 9.17) is 4.74 Å². The van der Waals surface area contributed by atoms with Crippen molar-refractivity contribution in [1.29, 1.82) is 0 Å². The molecule has 126 valence electrons. The summed E-state index contributed by atoms with van der Waals surface area (Å²) >= 11 is 1.67. The van der Waals surface area contributed by atoms with Crippen LogP contribution in [0.1, 0.15) is 34.8 Å². The Hall–Kier alpha value is -0.980. The molecule has 0 aromatic carbocycles. The van der Waals surface area contributed by atoms with Gasteiger partial charge in [-0.15, -0.1) is 11.3 Å². The van der Waals surface area contributed by atoms with Gasteiger partial charge in [-0.1, -0.05) is 0 Å². The molecule has 23 heavy (non-hydrogen) atoms. The van der Waals surface area contributed by atoms with Crippen molar-refractivity contribution in [2.24, 2.45) is 5.92 Å². The first-order valence-electron chi connectivity index (χ1n) is 8.71. The number of hydrogen-bond donors (Lipinski definition) is 1. The van der Waals surface area contributed by atoms with E-state index in [1.54, 1.807) is 11.3 Å². The van der Waals surface area contributed by atoms with Crippen molar-refractivity contribution in [2.45, 2.75) is 57.7 Å². The average Bonchev–Trinajstić information content (AvgIpc) is 3.20. The molecule has 6 heteroatoms. The first kappa shape index (κ1) is 15.5. The monoisotopic (exact) mass is 335 g/mol. The number of aryl methyl sites for hydroxylation is 2. The number of nitrogens with zero attached hydrogens (tertiary/aromatic N) is 2. The van der Waals surface area contributed by atoms with Crippen molar-refractivity contribution in [2.75, 3.05) is 19.7 Å². The lowest BCUT2D eigenvalue weighted by molar-refractivity contribution is -0.128. The molecule has 1 N–H and O–H groups in total. The molecule has 3 fully saturated rings. The summed E-state index contributed by atoms with van der Waals surface area (Å²) in [5.41, 5.74) is 0.932. The molecule has 4 rings (SSSR count). The summed E-state index contributed by atoms with van der Waals surface area (Å²) < 4.78 is 5.93. The average molecular weight is 335 g/mol. The van der Waals surface area contributed by atoms with Gasteiger partial charge in [-0.3, -0.25) is 9.69 Å². The van der Waals surface area contributed by atoms with Gasteiger partial charge in [-0.05, 0) is 46.2 Å². The molecule has 1 saturated carbocycles. The highest BCUT2D eigenvalue weighted by atomic mass is 32.1. The van der Waals surface area contributed by atoms with E-state index < -0.39 is 0 Å². The van der Waals surface area contributed by atoms with E-state index in [-0.39, 0.29) is 11.9 Å². The zero-order valence-corrected chi connectivity index (χ0v) is 14.7. The molecule has 3 heterocycles. The van der Waals surface area contributed by atoms with Crippen LogP contribution < -0.4 is 5.32 Å². The molecule has 3 aliphatic rings. The van der Waals surface area contributed by atoms with E-state index in [0.717, 1.165) is 41.7 Å². The van der Waals surface area contributed by atoms with Crippen molar-refractivity contribution in [3.8, 4) is 0 Å². The van der Waals surface area contributed by atoms with Crippen LogP contribution in [0.25, 0.3) is 0 Å². The number of nitrogens with one attached hydrogen (secondary N) is 1. The minimum absolute atomic E-state index is 0.109. The van der Waals surface area contributed by atoms with Crippen LogP contribution in [0.15, 0.2) is 0 Å². The molecule has 2 saturated heterocycles. The van der Waals surface area contributed by atoms with Crippen molar-refractivity contribution in [3.05, 3.63) is 15.6 Å². The van der Waals surface area contributed by atoms with Crippen molar-refractivity contribution in [3.63, 3.8) is 0 Å². The number of carbonyl (C=O) groups excluding carboxylic acids is 1. The molecule has 5 nitrogen and oxygen atoms in total. The SMILES string of the molecule is Cc1nc(CC(=O)NC2C3CCOC3C2N2CCCC2)c(C)s1. The van der Waals surface area contributed by atoms with Gasteiger partial charge in [0.05, 0.1) is 35.3 Å². The summed E-state index contributed by atoms with van der Waals surface area (Å²) in [5, 5.41) is 4.34. The second-order valence-electron chi connectivity index (χ2n) is 7.03. The number of fused-ring (bicyclic) bond motifs is 1. The fourth-order valence-electron chi connectivity index (χ4n) is 4.47. The van der Waals surface area contributed by atoms with E-state index >= 15 is 0 Å². The first-order valence-corrected chi connectivity index (χ1v) is 9.53. The molecule has 1 aromatic heterocycles. The Bertz CT molecular complexity index is 592. The van der Waals surface area contributed by atoms with Gasteiger partial charge in [0.1, 0.15) is 0 Å². The quantitative estimate of drug-likeness (QED) is 0.909. The molecular formula is C17H25N3O2S. The van der Waals surface area contributed by atoms with Gasteiger partial charge in [-0.25, -0.2) is 4.98 Å². The Balaban J connectivity index is 1.42. The van der Waals surface area contributed by atoms with Crippen LogP contribution in [0.3, 0.4) is 0 Å². The minimum Gasteiger partial charge on any atom is -0.376 e. The molecule has 4 unspecified atom stereocenters. The van der Waals surface area contributed by atoms with E-state index in [9.17, 15) is 4.79 Å². The standard InChI is InChI=1S/C17H25N3O2S/c1-10-13(18-11(2)23-10)9-14(21)19-15-12-5-8-22-17(12)16(15)20-6-3-4-7-20/h12,15-17H,3-9H2,1-2H3,(H,19,21). The van der Waals surface area contributed by atoms with Crippen molar-refractivity contribution < 1.29 is 9.53 Å². The highest BCUT2D eigenvalue weighted by Gasteiger charge is 2.56. The van der Waals surface area contributed by atoms with Crippen molar-refractivity contribution >= 4 is 17.2 Å². The third-order valence-electron chi connectivity index (χ3n) is 5.57. The third kappa shape index (κ3) is 2.81. The van der Waals surface area contributed by atoms with E-state index in [2.05, 4.69) is 15.2 Å². The Morgan fingerprint density at radius 2 is 2.17 bits per heavy atom. The zero-order valence-electron chi connectivity index (χ0n) is 13.9. The third-order valence-corrected chi connectivity index (χ3v) is 6.50. The second kappa shape index (κ2) is 6.15. The van der Waals surface area contributed by atoms with Gasteiger partial charge in [0.15, 0.2) is 0 Å². The van der Waals surface area contributed by atoms with Gasteiger partial charge in [-0.2, -0.15) is 0 Å². The number of carbonyl (C=O) groups is 1. The van der Waals surface area contributed by atoms with Crippen LogP contribution in [0.5, 0.6) is 0 Å². The van der Waals surface area contributed by atoms with Gasteiger partial charge in [0.25, 0.3) is 0 Å². The molecular weight excluding hydrogens is 310 g/mol. The maximum atomic E-state index is 12.5. The van der Waals surface area contributed by atoms with Crippen LogP contribution in [-0.4, -0.2) is 53.7 Å². The smallest absolute Gasteiger partial charge is 0.226 e. The van der Waals surface area contributed by atoms with Gasteiger partial charge < -0.3 is 10.1 Å². The van der Waals surface area contributed by atoms with E-state index in [1.807, 2.05) is 13.8 Å². The predicted molar refractivity (Wildman–Crippen MR) is 89.7 cm³/mol. The number of aromatic nitrogens is 1. The zero-order chi connectivity index (χ0) is 16.0. The van der Waals surface area contributed by atoms with Gasteiger partial charge in [0.2, 0.25) is 5.91 Å². The fraction of sp³-hybridized carbons (Fsp3) is 0.765. The largest absolute Gasteiger partial charge is 0.376 e. The first-order chi connectivity index (χ1) is 11.1. The molecule has 1 aromatic rings.